The number of amides is 1. The van der Waals surface area contributed by atoms with Gasteiger partial charge in [0, 0.05) is 17.0 Å². The van der Waals surface area contributed by atoms with Gasteiger partial charge in [0.15, 0.2) is 17.5 Å². The molecule has 1 N–H and O–H groups in total. The summed E-state index contributed by atoms with van der Waals surface area (Å²) < 4.78 is 0.633. The number of aromatic nitrogens is 2. The van der Waals surface area contributed by atoms with Crippen LogP contribution < -0.4 is 10.0 Å². The lowest BCUT2D eigenvalue weighted by Crippen LogP contribution is -2.25. The van der Waals surface area contributed by atoms with Crippen molar-refractivity contribution in [3.05, 3.63) is 45.9 Å². The maximum Gasteiger partial charge on any atom is 0.257 e. The highest BCUT2D eigenvalue weighted by molar-refractivity contribution is 7.15. The third-order valence-electron chi connectivity index (χ3n) is 2.31. The minimum Gasteiger partial charge on any atom is -0.619 e. The fraction of sp³-hybridized carbons (Fsp3) is 0.182. The van der Waals surface area contributed by atoms with Crippen molar-refractivity contribution in [3.8, 4) is 0 Å². The predicted molar refractivity (Wildman–Crippen MR) is 64.9 cm³/mol. The van der Waals surface area contributed by atoms with Crippen LogP contribution in [0.5, 0.6) is 0 Å². The number of hydrogen-bond acceptors (Lipinski definition) is 4. The Morgan fingerprint density at radius 3 is 2.59 bits per heavy atom. The normalized spacial score (nSPS) is 10.2. The van der Waals surface area contributed by atoms with Crippen molar-refractivity contribution in [2.24, 2.45) is 0 Å². The van der Waals surface area contributed by atoms with Crippen LogP contribution in [-0.2, 0) is 0 Å². The third-order valence-corrected chi connectivity index (χ3v) is 3.30. The molecular formula is C11H11N3O2S. The van der Waals surface area contributed by atoms with Crippen LogP contribution in [0, 0.1) is 19.1 Å². The summed E-state index contributed by atoms with van der Waals surface area (Å²) in [6, 6.07) is 2.94. The molecule has 88 valence electrons. The van der Waals surface area contributed by atoms with Crippen molar-refractivity contribution in [1.82, 2.24) is 4.98 Å². The molecule has 17 heavy (non-hydrogen) atoms. The summed E-state index contributed by atoms with van der Waals surface area (Å²) in [5.41, 5.74) is 1.35. The zero-order chi connectivity index (χ0) is 12.4. The van der Waals surface area contributed by atoms with E-state index < -0.39 is 0 Å². The number of thiazole rings is 1. The summed E-state index contributed by atoms with van der Waals surface area (Å²) in [7, 11) is 0. The molecule has 2 aromatic heterocycles. The van der Waals surface area contributed by atoms with Gasteiger partial charge in [0.25, 0.3) is 5.91 Å². The topological polar surface area (TPSA) is 68.9 Å². The smallest absolute Gasteiger partial charge is 0.257 e. The minimum atomic E-state index is -0.264. The highest BCUT2D eigenvalue weighted by Gasteiger charge is 2.10. The molecule has 0 aliphatic heterocycles. The van der Waals surface area contributed by atoms with Gasteiger partial charge in [0.05, 0.1) is 11.3 Å². The Morgan fingerprint density at radius 2 is 2.06 bits per heavy atom. The maximum atomic E-state index is 11.8. The van der Waals surface area contributed by atoms with Crippen molar-refractivity contribution in [1.29, 1.82) is 0 Å². The highest BCUT2D eigenvalue weighted by Crippen LogP contribution is 2.21. The van der Waals surface area contributed by atoms with Gasteiger partial charge in [-0.15, -0.1) is 11.3 Å². The summed E-state index contributed by atoms with van der Waals surface area (Å²) in [6.45, 7) is 3.84. The van der Waals surface area contributed by atoms with E-state index in [0.29, 0.717) is 15.4 Å². The Balaban J connectivity index is 2.14. The lowest BCUT2D eigenvalue weighted by atomic mass is 10.2. The Kier molecular flexibility index (Phi) is 3.06. The number of pyridine rings is 1. The number of carbonyl (C=O) groups excluding carboxylic acids is 1. The first-order valence-corrected chi connectivity index (χ1v) is 5.82. The molecule has 2 rings (SSSR count). The van der Waals surface area contributed by atoms with Crippen LogP contribution in [0.4, 0.5) is 5.13 Å². The number of aryl methyl sites for hydroxylation is 2. The molecule has 0 aliphatic rings. The van der Waals surface area contributed by atoms with Crippen LogP contribution in [0.1, 0.15) is 20.9 Å². The molecule has 2 heterocycles. The van der Waals surface area contributed by atoms with Crippen molar-refractivity contribution in [3.63, 3.8) is 0 Å². The van der Waals surface area contributed by atoms with Crippen LogP contribution in [0.2, 0.25) is 0 Å². The van der Waals surface area contributed by atoms with E-state index in [9.17, 15) is 10.0 Å². The van der Waals surface area contributed by atoms with Gasteiger partial charge in [0.2, 0.25) is 0 Å². The summed E-state index contributed by atoms with van der Waals surface area (Å²) >= 11 is 1.43. The minimum absolute atomic E-state index is 0.264. The lowest BCUT2D eigenvalue weighted by molar-refractivity contribution is -0.605. The van der Waals surface area contributed by atoms with Crippen molar-refractivity contribution in [2.45, 2.75) is 13.8 Å². The second kappa shape index (κ2) is 4.50. The number of nitrogens with zero attached hydrogens (tertiary/aromatic N) is 2. The molecule has 0 bridgehead atoms. The largest absolute Gasteiger partial charge is 0.619 e. The van der Waals surface area contributed by atoms with Gasteiger partial charge in [-0.2, -0.15) is 4.73 Å². The molecule has 0 aromatic carbocycles. The Hall–Kier alpha value is -1.95. The van der Waals surface area contributed by atoms with E-state index in [0.717, 1.165) is 10.6 Å². The van der Waals surface area contributed by atoms with Gasteiger partial charge >= 0.3 is 0 Å². The fourth-order valence-electron chi connectivity index (χ4n) is 1.26. The molecule has 5 nitrogen and oxygen atoms in total. The quantitative estimate of drug-likeness (QED) is 0.650. The molecule has 0 unspecified atom stereocenters. The molecule has 0 fully saturated rings. The molecule has 0 aliphatic carbocycles. The van der Waals surface area contributed by atoms with E-state index in [1.807, 2.05) is 13.8 Å². The van der Waals surface area contributed by atoms with E-state index in [1.54, 1.807) is 0 Å². The van der Waals surface area contributed by atoms with E-state index in [2.05, 4.69) is 10.3 Å². The second-order valence-electron chi connectivity index (χ2n) is 3.56. The van der Waals surface area contributed by atoms with Gasteiger partial charge < -0.3 is 5.21 Å². The van der Waals surface area contributed by atoms with Gasteiger partial charge in [-0.05, 0) is 13.8 Å². The number of hydrogen-bond donors (Lipinski definition) is 1. The molecule has 0 spiro atoms. The summed E-state index contributed by atoms with van der Waals surface area (Å²) in [5.74, 6) is -0.264. The number of carbonyl (C=O) groups is 1. The monoisotopic (exact) mass is 249 g/mol. The van der Waals surface area contributed by atoms with Gasteiger partial charge in [-0.3, -0.25) is 10.1 Å². The van der Waals surface area contributed by atoms with E-state index in [1.165, 1.54) is 35.9 Å². The van der Waals surface area contributed by atoms with Crippen LogP contribution >= 0.6 is 11.3 Å². The molecular weight excluding hydrogens is 238 g/mol. The van der Waals surface area contributed by atoms with E-state index in [-0.39, 0.29) is 5.91 Å². The molecule has 6 heteroatoms. The zero-order valence-electron chi connectivity index (χ0n) is 9.43. The third kappa shape index (κ3) is 2.59. The zero-order valence-corrected chi connectivity index (χ0v) is 10.2. The molecule has 0 saturated carbocycles. The number of nitrogens with one attached hydrogen (secondary N) is 1. The SMILES string of the molecule is Cc1nc(NC(=O)c2cc[n+]([O-])cc2)sc1C. The van der Waals surface area contributed by atoms with E-state index >= 15 is 0 Å². The lowest BCUT2D eigenvalue weighted by Gasteiger charge is -2.01. The van der Waals surface area contributed by atoms with E-state index in [4.69, 9.17) is 0 Å². The first-order chi connectivity index (χ1) is 8.06. The highest BCUT2D eigenvalue weighted by atomic mass is 32.1. The molecule has 1 amide bonds. The summed E-state index contributed by atoms with van der Waals surface area (Å²) in [6.07, 6.45) is 2.57. The molecule has 0 radical (unpaired) electrons. The van der Waals surface area contributed by atoms with Crippen molar-refractivity contribution < 1.29 is 9.52 Å². The summed E-state index contributed by atoms with van der Waals surface area (Å²) in [5, 5.41) is 14.1. The average Bonchev–Trinajstić information content (AvgIpc) is 2.58. The Labute approximate surface area is 102 Å². The van der Waals surface area contributed by atoms with Gasteiger partial charge in [0.1, 0.15) is 0 Å². The van der Waals surface area contributed by atoms with Crippen molar-refractivity contribution >= 4 is 22.4 Å². The first-order valence-electron chi connectivity index (χ1n) is 5.00. The second-order valence-corrected chi connectivity index (χ2v) is 4.76. The van der Waals surface area contributed by atoms with Crippen LogP contribution in [0.25, 0.3) is 0 Å². The van der Waals surface area contributed by atoms with Gasteiger partial charge in [-0.25, -0.2) is 4.98 Å². The average molecular weight is 249 g/mol. The molecule has 0 saturated heterocycles. The molecule has 2 aromatic rings. The van der Waals surface area contributed by atoms with Crippen LogP contribution in [0.3, 0.4) is 0 Å². The first kappa shape index (κ1) is 11.5. The van der Waals surface area contributed by atoms with Gasteiger partial charge in [-0.1, -0.05) is 0 Å². The Bertz CT molecular complexity index is 529. The number of rotatable bonds is 2. The van der Waals surface area contributed by atoms with Crippen LogP contribution in [0.15, 0.2) is 24.5 Å². The predicted octanol–water partition coefficient (Wildman–Crippen LogP) is 1.65. The van der Waals surface area contributed by atoms with Crippen molar-refractivity contribution in [2.75, 3.05) is 5.32 Å². The fourth-order valence-corrected chi connectivity index (χ4v) is 2.07. The Morgan fingerprint density at radius 1 is 1.41 bits per heavy atom. The van der Waals surface area contributed by atoms with Crippen LogP contribution in [-0.4, -0.2) is 10.9 Å². The number of anilines is 1. The molecule has 0 atom stereocenters. The summed E-state index contributed by atoms with van der Waals surface area (Å²) in [4.78, 5) is 17.1. The standard InChI is InChI=1S/C11H11N3O2S/c1-7-8(2)17-11(12-7)13-10(15)9-3-5-14(16)6-4-9/h3-6H,1-2H3,(H,12,13,15). The maximum absolute atomic E-state index is 11.8.